The number of hydrogen-bond donors (Lipinski definition) is 2. The first-order valence-corrected chi connectivity index (χ1v) is 5.44. The minimum Gasteiger partial charge on any atom is -0.387 e. The maximum atomic E-state index is 7.49. The summed E-state index contributed by atoms with van der Waals surface area (Å²) in [5.41, 5.74) is 8.06. The fraction of sp³-hybridized carbons (Fsp3) is 0.462. The number of nitrogens with two attached hydrogens (primary N) is 1. The van der Waals surface area contributed by atoms with Gasteiger partial charge in [0.2, 0.25) is 0 Å². The number of hydrogen-bond acceptors (Lipinski definition) is 1. The number of amidine groups is 1. The van der Waals surface area contributed by atoms with Crippen LogP contribution in [-0.4, -0.2) is 5.84 Å². The molecule has 0 radical (unpaired) electrons. The molecule has 2 nitrogen and oxygen atoms in total. The van der Waals surface area contributed by atoms with Gasteiger partial charge in [0.25, 0.3) is 0 Å². The molecule has 0 heterocycles. The zero-order valence-corrected chi connectivity index (χ0v) is 9.75. The molecular formula is C13H20N2. The van der Waals surface area contributed by atoms with Crippen molar-refractivity contribution >= 4 is 5.84 Å². The zero-order chi connectivity index (χ0) is 11.4. The number of nitrogens with one attached hydrogen (secondary N) is 1. The summed E-state index contributed by atoms with van der Waals surface area (Å²) in [6.07, 6.45) is 1.05. The molecule has 0 fully saturated rings. The molecule has 0 spiro atoms. The van der Waals surface area contributed by atoms with Gasteiger partial charge in [0.15, 0.2) is 0 Å². The molecule has 0 aliphatic rings. The standard InChI is InChI=1S/C13H20N2/c1-9(2)8-11-6-4-5-7-12(11)10(3)13(14)15/h4-7,9-10H,8H2,1-3H3,(H3,14,15)/t10-/m1/s1. The van der Waals surface area contributed by atoms with Crippen molar-refractivity contribution in [3.05, 3.63) is 35.4 Å². The molecule has 1 rings (SSSR count). The van der Waals surface area contributed by atoms with Crippen LogP contribution in [0.3, 0.4) is 0 Å². The lowest BCUT2D eigenvalue weighted by atomic mass is 9.90. The highest BCUT2D eigenvalue weighted by atomic mass is 14.7. The van der Waals surface area contributed by atoms with Gasteiger partial charge in [0.05, 0.1) is 5.84 Å². The molecule has 0 amide bonds. The van der Waals surface area contributed by atoms with E-state index in [-0.39, 0.29) is 11.8 Å². The van der Waals surface area contributed by atoms with Gasteiger partial charge in [-0.05, 0) is 23.5 Å². The molecule has 0 saturated heterocycles. The van der Waals surface area contributed by atoms with E-state index in [0.29, 0.717) is 5.92 Å². The van der Waals surface area contributed by atoms with E-state index in [1.807, 2.05) is 19.1 Å². The third kappa shape index (κ3) is 3.08. The molecule has 3 N–H and O–H groups in total. The van der Waals surface area contributed by atoms with Crippen LogP contribution in [0.4, 0.5) is 0 Å². The van der Waals surface area contributed by atoms with E-state index in [4.69, 9.17) is 11.1 Å². The first-order chi connectivity index (χ1) is 7.02. The van der Waals surface area contributed by atoms with E-state index in [2.05, 4.69) is 26.0 Å². The number of rotatable bonds is 4. The molecule has 2 heteroatoms. The summed E-state index contributed by atoms with van der Waals surface area (Å²) in [7, 11) is 0. The van der Waals surface area contributed by atoms with Gasteiger partial charge in [-0.15, -0.1) is 0 Å². The first kappa shape index (κ1) is 11.8. The minimum atomic E-state index is 0.0277. The first-order valence-electron chi connectivity index (χ1n) is 5.44. The molecule has 0 bridgehead atoms. The van der Waals surface area contributed by atoms with Crippen molar-refractivity contribution in [2.45, 2.75) is 33.1 Å². The zero-order valence-electron chi connectivity index (χ0n) is 9.75. The van der Waals surface area contributed by atoms with E-state index < -0.39 is 0 Å². The van der Waals surface area contributed by atoms with Gasteiger partial charge in [-0.2, -0.15) is 0 Å². The molecule has 1 atom stereocenters. The lowest BCUT2D eigenvalue weighted by Crippen LogP contribution is -2.19. The largest absolute Gasteiger partial charge is 0.387 e. The Hall–Kier alpha value is -1.31. The lowest BCUT2D eigenvalue weighted by molar-refractivity contribution is 0.641. The minimum absolute atomic E-state index is 0.0277. The maximum Gasteiger partial charge on any atom is 0.0979 e. The van der Waals surface area contributed by atoms with Gasteiger partial charge >= 0.3 is 0 Å². The molecule has 15 heavy (non-hydrogen) atoms. The highest BCUT2D eigenvalue weighted by Gasteiger charge is 2.12. The predicted molar refractivity (Wildman–Crippen MR) is 65.3 cm³/mol. The Morgan fingerprint density at radius 3 is 2.40 bits per heavy atom. The summed E-state index contributed by atoms with van der Waals surface area (Å²) in [6, 6.07) is 8.27. The van der Waals surface area contributed by atoms with Crippen molar-refractivity contribution in [2.24, 2.45) is 11.7 Å². The van der Waals surface area contributed by atoms with Gasteiger partial charge in [0, 0.05) is 5.92 Å². The van der Waals surface area contributed by atoms with E-state index >= 15 is 0 Å². The maximum absolute atomic E-state index is 7.49. The summed E-state index contributed by atoms with van der Waals surface area (Å²) in [5.74, 6) is 0.900. The van der Waals surface area contributed by atoms with Crippen LogP contribution < -0.4 is 5.73 Å². The average Bonchev–Trinajstić information content (AvgIpc) is 2.16. The van der Waals surface area contributed by atoms with E-state index in [1.54, 1.807) is 0 Å². The monoisotopic (exact) mass is 204 g/mol. The van der Waals surface area contributed by atoms with Crippen molar-refractivity contribution in [1.82, 2.24) is 0 Å². The highest BCUT2D eigenvalue weighted by molar-refractivity contribution is 5.84. The molecule has 82 valence electrons. The van der Waals surface area contributed by atoms with Crippen LogP contribution in [0.2, 0.25) is 0 Å². The Balaban J connectivity index is 3.00. The van der Waals surface area contributed by atoms with Gasteiger partial charge in [0.1, 0.15) is 0 Å². The summed E-state index contributed by atoms with van der Waals surface area (Å²) < 4.78 is 0. The van der Waals surface area contributed by atoms with Gasteiger partial charge < -0.3 is 5.73 Å². The normalized spacial score (nSPS) is 12.8. The van der Waals surface area contributed by atoms with Crippen molar-refractivity contribution in [3.63, 3.8) is 0 Å². The molecule has 0 unspecified atom stereocenters. The SMILES string of the molecule is CC(C)Cc1ccccc1[C@@H](C)C(=N)N. The summed E-state index contributed by atoms with van der Waals surface area (Å²) in [5, 5.41) is 7.49. The van der Waals surface area contributed by atoms with Crippen LogP contribution in [0, 0.1) is 11.3 Å². The highest BCUT2D eigenvalue weighted by Crippen LogP contribution is 2.22. The van der Waals surface area contributed by atoms with Crippen LogP contribution in [0.5, 0.6) is 0 Å². The topological polar surface area (TPSA) is 49.9 Å². The second-order valence-electron chi connectivity index (χ2n) is 4.47. The quantitative estimate of drug-likeness (QED) is 0.575. The molecule has 0 saturated carbocycles. The van der Waals surface area contributed by atoms with Gasteiger partial charge in [-0.25, -0.2) is 0 Å². The predicted octanol–water partition coefficient (Wildman–Crippen LogP) is 2.92. The van der Waals surface area contributed by atoms with Crippen LogP contribution in [-0.2, 0) is 6.42 Å². The van der Waals surface area contributed by atoms with Gasteiger partial charge in [-0.3, -0.25) is 5.41 Å². The summed E-state index contributed by atoms with van der Waals surface area (Å²) in [4.78, 5) is 0. The Morgan fingerprint density at radius 1 is 1.27 bits per heavy atom. The second kappa shape index (κ2) is 4.96. The number of benzene rings is 1. The van der Waals surface area contributed by atoms with E-state index in [0.717, 1.165) is 6.42 Å². The Kier molecular flexibility index (Phi) is 3.89. The Labute approximate surface area is 92.0 Å². The Bertz CT molecular complexity index is 342. The lowest BCUT2D eigenvalue weighted by Gasteiger charge is -2.16. The second-order valence-corrected chi connectivity index (χ2v) is 4.47. The fourth-order valence-electron chi connectivity index (χ4n) is 1.75. The van der Waals surface area contributed by atoms with E-state index in [9.17, 15) is 0 Å². The van der Waals surface area contributed by atoms with Crippen LogP contribution in [0.25, 0.3) is 0 Å². The van der Waals surface area contributed by atoms with Crippen molar-refractivity contribution in [2.75, 3.05) is 0 Å². The third-order valence-corrected chi connectivity index (χ3v) is 2.62. The molecule has 1 aromatic rings. The Morgan fingerprint density at radius 2 is 1.87 bits per heavy atom. The average molecular weight is 204 g/mol. The summed E-state index contributed by atoms with van der Waals surface area (Å²) in [6.45, 7) is 6.39. The van der Waals surface area contributed by atoms with Crippen LogP contribution in [0.15, 0.2) is 24.3 Å². The molecule has 1 aromatic carbocycles. The molecule has 0 aliphatic heterocycles. The van der Waals surface area contributed by atoms with E-state index in [1.165, 1.54) is 11.1 Å². The molecular weight excluding hydrogens is 184 g/mol. The van der Waals surface area contributed by atoms with Gasteiger partial charge in [-0.1, -0.05) is 45.0 Å². The smallest absolute Gasteiger partial charge is 0.0979 e. The molecule has 0 aliphatic carbocycles. The van der Waals surface area contributed by atoms with Crippen molar-refractivity contribution in [3.8, 4) is 0 Å². The van der Waals surface area contributed by atoms with Crippen molar-refractivity contribution < 1.29 is 0 Å². The van der Waals surface area contributed by atoms with Crippen LogP contribution >= 0.6 is 0 Å². The fourth-order valence-corrected chi connectivity index (χ4v) is 1.75. The van der Waals surface area contributed by atoms with Crippen LogP contribution in [0.1, 0.15) is 37.8 Å². The third-order valence-electron chi connectivity index (χ3n) is 2.62. The summed E-state index contributed by atoms with van der Waals surface area (Å²) >= 11 is 0. The molecule has 0 aromatic heterocycles. The van der Waals surface area contributed by atoms with Crippen molar-refractivity contribution in [1.29, 1.82) is 5.41 Å².